The molecule has 1 aliphatic rings. The highest BCUT2D eigenvalue weighted by Gasteiger charge is 2.27. The van der Waals surface area contributed by atoms with Crippen LogP contribution in [-0.2, 0) is 10.0 Å². The molecule has 0 atom stereocenters. The fourth-order valence-electron chi connectivity index (χ4n) is 5.74. The molecule has 1 fully saturated rings. The van der Waals surface area contributed by atoms with Crippen molar-refractivity contribution in [3.8, 4) is 11.3 Å². The summed E-state index contributed by atoms with van der Waals surface area (Å²) < 4.78 is 30.3. The lowest BCUT2D eigenvalue weighted by atomic mass is 9.93. The largest absolute Gasteiger partial charge is 0.393 e. The number of rotatable bonds is 14. The number of hydrogen-bond donors (Lipinski definition) is 3. The predicted molar refractivity (Wildman–Crippen MR) is 182 cm³/mol. The number of nitrogens with zero attached hydrogens (tertiary/aromatic N) is 5. The molecule has 0 radical (unpaired) electrons. The SMILES string of the molecule is CCCCCNC(=O)c1ccc(N(C)S(=O)(=O)c2ccc(-c3nn(C4CCC(O)CC4)c4nc(NCCCC)ncc34)cc2)cc1. The smallest absolute Gasteiger partial charge is 0.264 e. The number of nitrogens with one attached hydrogen (secondary N) is 2. The molecule has 2 aromatic heterocycles. The van der Waals surface area contributed by atoms with Crippen LogP contribution >= 0.6 is 0 Å². The van der Waals surface area contributed by atoms with Gasteiger partial charge < -0.3 is 15.7 Å². The molecule has 4 aromatic rings. The Labute approximate surface area is 271 Å². The molecule has 0 saturated heterocycles. The van der Waals surface area contributed by atoms with Crippen molar-refractivity contribution in [2.75, 3.05) is 29.8 Å². The summed E-state index contributed by atoms with van der Waals surface area (Å²) in [7, 11) is -2.37. The average molecular weight is 648 g/mol. The average Bonchev–Trinajstić information content (AvgIpc) is 3.45. The molecule has 3 N–H and O–H groups in total. The Hall–Kier alpha value is -4.03. The number of hydrogen-bond acceptors (Lipinski definition) is 8. The summed E-state index contributed by atoms with van der Waals surface area (Å²) in [6.45, 7) is 5.64. The molecule has 1 aliphatic carbocycles. The van der Waals surface area contributed by atoms with E-state index in [0.29, 0.717) is 42.3 Å². The fourth-order valence-corrected chi connectivity index (χ4v) is 6.94. The van der Waals surface area contributed by atoms with Gasteiger partial charge in [-0.05, 0) is 74.9 Å². The molecule has 0 unspecified atom stereocenters. The molecule has 0 spiro atoms. The van der Waals surface area contributed by atoms with E-state index in [4.69, 9.17) is 10.1 Å². The van der Waals surface area contributed by atoms with Gasteiger partial charge in [0.1, 0.15) is 5.69 Å². The number of aliphatic hydroxyl groups is 1. The summed E-state index contributed by atoms with van der Waals surface area (Å²) >= 11 is 0. The van der Waals surface area contributed by atoms with Gasteiger partial charge in [-0.2, -0.15) is 10.1 Å². The summed E-state index contributed by atoms with van der Waals surface area (Å²) in [5.74, 6) is 0.379. The van der Waals surface area contributed by atoms with E-state index in [0.717, 1.165) is 68.1 Å². The maximum Gasteiger partial charge on any atom is 0.264 e. The minimum absolute atomic E-state index is 0.102. The van der Waals surface area contributed by atoms with E-state index in [1.54, 1.807) is 54.7 Å². The van der Waals surface area contributed by atoms with Gasteiger partial charge >= 0.3 is 0 Å². The molecule has 1 amide bonds. The quantitative estimate of drug-likeness (QED) is 0.143. The first kappa shape index (κ1) is 33.3. The lowest BCUT2D eigenvalue weighted by Gasteiger charge is -2.25. The number of sulfonamides is 1. The van der Waals surface area contributed by atoms with Gasteiger partial charge in [-0.25, -0.2) is 18.1 Å². The van der Waals surface area contributed by atoms with Crippen molar-refractivity contribution in [1.29, 1.82) is 0 Å². The lowest BCUT2D eigenvalue weighted by molar-refractivity contribution is 0.0953. The van der Waals surface area contributed by atoms with Crippen molar-refractivity contribution in [3.63, 3.8) is 0 Å². The van der Waals surface area contributed by atoms with Crippen LogP contribution in [0, 0.1) is 0 Å². The summed E-state index contributed by atoms with van der Waals surface area (Å²) in [5.41, 5.74) is 3.10. The van der Waals surface area contributed by atoms with Crippen molar-refractivity contribution in [3.05, 3.63) is 60.3 Å². The zero-order chi connectivity index (χ0) is 32.7. The van der Waals surface area contributed by atoms with E-state index in [-0.39, 0.29) is 22.9 Å². The number of amides is 1. The topological polar surface area (TPSA) is 142 Å². The van der Waals surface area contributed by atoms with Gasteiger partial charge in [-0.3, -0.25) is 9.10 Å². The number of unbranched alkanes of at least 4 members (excludes halogenated alkanes) is 3. The first-order valence-corrected chi connectivity index (χ1v) is 17.8. The molecule has 1 saturated carbocycles. The van der Waals surface area contributed by atoms with Crippen LogP contribution in [0.5, 0.6) is 0 Å². The maximum atomic E-state index is 13.6. The van der Waals surface area contributed by atoms with E-state index in [1.807, 2.05) is 4.68 Å². The molecule has 0 aliphatic heterocycles. The second kappa shape index (κ2) is 15.0. The van der Waals surface area contributed by atoms with Crippen molar-refractivity contribution in [2.24, 2.45) is 0 Å². The van der Waals surface area contributed by atoms with E-state index in [1.165, 1.54) is 11.4 Å². The Balaban J connectivity index is 1.37. The highest BCUT2D eigenvalue weighted by molar-refractivity contribution is 7.92. The normalized spacial score (nSPS) is 16.8. The van der Waals surface area contributed by atoms with Gasteiger partial charge in [-0.1, -0.05) is 45.2 Å². The third kappa shape index (κ3) is 7.50. The standard InChI is InChI=1S/C34H45N7O4S/c1-4-6-8-22-35-33(43)25-9-13-26(14-10-25)40(3)46(44,45)29-19-11-24(12-20-29)31-30-23-37-34(36-21-7-5-2)38-32(30)41(39-31)27-15-17-28(42)18-16-27/h9-14,19-20,23,27-28,42H,4-8,15-18,21-22H2,1-3H3,(H,35,43)(H,36,37,38). The van der Waals surface area contributed by atoms with Crippen LogP contribution < -0.4 is 14.9 Å². The second-order valence-corrected chi connectivity index (χ2v) is 13.9. The molecule has 246 valence electrons. The number of benzene rings is 2. The van der Waals surface area contributed by atoms with Crippen molar-refractivity contribution in [1.82, 2.24) is 25.1 Å². The Kier molecular flexibility index (Phi) is 10.9. The van der Waals surface area contributed by atoms with Gasteiger partial charge in [0, 0.05) is 37.5 Å². The van der Waals surface area contributed by atoms with E-state index in [9.17, 15) is 18.3 Å². The predicted octanol–water partition coefficient (Wildman–Crippen LogP) is 5.93. The number of aliphatic hydroxyl groups excluding tert-OH is 1. The van der Waals surface area contributed by atoms with Gasteiger partial charge in [0.2, 0.25) is 5.95 Å². The number of aromatic nitrogens is 4. The summed E-state index contributed by atoms with van der Waals surface area (Å²) in [6, 6.07) is 13.4. The highest BCUT2D eigenvalue weighted by atomic mass is 32.2. The monoisotopic (exact) mass is 647 g/mol. The van der Waals surface area contributed by atoms with Crippen LogP contribution in [0.1, 0.15) is 88.0 Å². The third-order valence-corrected chi connectivity index (χ3v) is 10.4. The zero-order valence-electron chi connectivity index (χ0n) is 26.9. The third-order valence-electron chi connectivity index (χ3n) is 8.62. The highest BCUT2D eigenvalue weighted by Crippen LogP contribution is 2.35. The molecule has 46 heavy (non-hydrogen) atoms. The molecule has 0 bridgehead atoms. The van der Waals surface area contributed by atoms with Crippen LogP contribution in [0.4, 0.5) is 11.6 Å². The summed E-state index contributed by atoms with van der Waals surface area (Å²) in [4.78, 5) is 22.0. The van der Waals surface area contributed by atoms with E-state index >= 15 is 0 Å². The first-order chi connectivity index (χ1) is 22.2. The Morgan fingerprint density at radius 1 is 0.957 bits per heavy atom. The second-order valence-electron chi connectivity index (χ2n) is 12.0. The van der Waals surface area contributed by atoms with Gasteiger partial charge in [0.25, 0.3) is 15.9 Å². The number of carbonyl (C=O) groups is 1. The molecule has 12 heteroatoms. The van der Waals surface area contributed by atoms with Crippen LogP contribution in [-0.4, -0.2) is 65.4 Å². The summed E-state index contributed by atoms with van der Waals surface area (Å²) in [6.07, 6.45) is 9.65. The number of carbonyl (C=O) groups excluding carboxylic acids is 1. The van der Waals surface area contributed by atoms with Gasteiger partial charge in [0.05, 0.1) is 28.1 Å². The van der Waals surface area contributed by atoms with Crippen LogP contribution in [0.15, 0.2) is 59.6 Å². The lowest BCUT2D eigenvalue weighted by Crippen LogP contribution is -2.27. The number of anilines is 2. The van der Waals surface area contributed by atoms with E-state index in [2.05, 4.69) is 29.5 Å². The number of fused-ring (bicyclic) bond motifs is 1. The van der Waals surface area contributed by atoms with Gasteiger partial charge in [0.15, 0.2) is 5.65 Å². The Morgan fingerprint density at radius 3 is 2.33 bits per heavy atom. The van der Waals surface area contributed by atoms with Gasteiger partial charge in [-0.15, -0.1) is 0 Å². The molecule has 5 rings (SSSR count). The first-order valence-electron chi connectivity index (χ1n) is 16.4. The minimum Gasteiger partial charge on any atom is -0.393 e. The molecular weight excluding hydrogens is 602 g/mol. The maximum absolute atomic E-state index is 13.6. The zero-order valence-corrected chi connectivity index (χ0v) is 27.8. The van der Waals surface area contributed by atoms with Crippen LogP contribution in [0.2, 0.25) is 0 Å². The van der Waals surface area contributed by atoms with Crippen molar-refractivity contribution < 1.29 is 18.3 Å². The Morgan fingerprint density at radius 2 is 1.65 bits per heavy atom. The molecular formula is C34H45N7O4S. The van der Waals surface area contributed by atoms with Crippen molar-refractivity contribution >= 4 is 38.6 Å². The van der Waals surface area contributed by atoms with E-state index < -0.39 is 10.0 Å². The van der Waals surface area contributed by atoms with Crippen LogP contribution in [0.25, 0.3) is 22.3 Å². The van der Waals surface area contributed by atoms with Crippen molar-refractivity contribution in [2.45, 2.75) is 88.7 Å². The molecule has 2 heterocycles. The van der Waals surface area contributed by atoms with Crippen LogP contribution in [0.3, 0.4) is 0 Å². The fraction of sp³-hybridized carbons (Fsp3) is 0.471. The summed E-state index contributed by atoms with van der Waals surface area (Å²) in [5, 5.41) is 22.1. The Bertz CT molecular complexity index is 1710. The minimum atomic E-state index is -3.87. The molecule has 11 nitrogen and oxygen atoms in total. The molecule has 2 aromatic carbocycles.